The molecule has 0 saturated carbocycles. The normalized spacial score (nSPS) is 19.2. The number of halogens is 2. The van der Waals surface area contributed by atoms with Gasteiger partial charge in [-0.05, 0) is 43.1 Å². The molecule has 1 fully saturated rings. The third kappa shape index (κ3) is 3.32. The quantitative estimate of drug-likeness (QED) is 0.915. The fourth-order valence-electron chi connectivity index (χ4n) is 2.55. The van der Waals surface area contributed by atoms with E-state index in [2.05, 4.69) is 20.5 Å². The van der Waals surface area contributed by atoms with Gasteiger partial charge in [-0.25, -0.2) is 4.98 Å². The van der Waals surface area contributed by atoms with Crippen molar-refractivity contribution in [2.45, 2.75) is 25.2 Å². The van der Waals surface area contributed by atoms with Crippen molar-refractivity contribution in [3.8, 4) is 0 Å². The number of rotatable bonds is 3. The summed E-state index contributed by atoms with van der Waals surface area (Å²) in [5.74, 6) is 2.17. The Morgan fingerprint density at radius 2 is 2.00 bits per heavy atom. The van der Waals surface area contributed by atoms with Crippen LogP contribution in [0.15, 0.2) is 18.2 Å². The zero-order valence-corrected chi connectivity index (χ0v) is 12.5. The molecule has 2 heterocycles. The smallest absolute Gasteiger partial charge is 0.155 e. The molecule has 20 heavy (non-hydrogen) atoms. The number of nitrogens with zero attached hydrogens (tertiary/aromatic N) is 2. The molecule has 1 aromatic heterocycles. The van der Waals surface area contributed by atoms with Crippen LogP contribution in [-0.4, -0.2) is 28.3 Å². The molecule has 2 N–H and O–H groups in total. The maximum absolute atomic E-state index is 6.00. The molecule has 0 aliphatic carbocycles. The fraction of sp³-hybridized carbons (Fsp3) is 0.429. The first-order valence-corrected chi connectivity index (χ1v) is 7.53. The molecule has 106 valence electrons. The number of hydrogen-bond donors (Lipinski definition) is 2. The largest absolute Gasteiger partial charge is 0.316 e. The van der Waals surface area contributed by atoms with Crippen LogP contribution in [0.4, 0.5) is 0 Å². The molecule has 0 spiro atoms. The van der Waals surface area contributed by atoms with E-state index in [0.29, 0.717) is 22.4 Å². The lowest BCUT2D eigenvalue weighted by atomic mass is 9.99. The molecule has 6 heteroatoms. The summed E-state index contributed by atoms with van der Waals surface area (Å²) >= 11 is 12.0. The average molecular weight is 311 g/mol. The second-order valence-electron chi connectivity index (χ2n) is 5.14. The number of hydrogen-bond acceptors (Lipinski definition) is 3. The number of piperidine rings is 1. The highest BCUT2D eigenvalue weighted by molar-refractivity contribution is 6.34. The summed E-state index contributed by atoms with van der Waals surface area (Å²) in [6.45, 7) is 2.05. The van der Waals surface area contributed by atoms with Crippen molar-refractivity contribution >= 4 is 23.2 Å². The molecule has 1 aromatic carbocycles. The number of benzene rings is 1. The molecule has 0 bridgehead atoms. The number of aromatic nitrogens is 3. The highest BCUT2D eigenvalue weighted by Gasteiger charge is 2.19. The maximum atomic E-state index is 6.00. The molecule has 1 aliphatic heterocycles. The molecular weight excluding hydrogens is 295 g/mol. The number of aromatic amines is 1. The summed E-state index contributed by atoms with van der Waals surface area (Å²) in [6.07, 6.45) is 2.99. The van der Waals surface area contributed by atoms with E-state index in [1.807, 2.05) is 12.1 Å². The molecule has 0 radical (unpaired) electrons. The minimum atomic E-state index is 0.414. The van der Waals surface area contributed by atoms with Crippen molar-refractivity contribution in [1.29, 1.82) is 0 Å². The van der Waals surface area contributed by atoms with E-state index in [0.717, 1.165) is 36.7 Å². The Balaban J connectivity index is 1.73. The van der Waals surface area contributed by atoms with Crippen molar-refractivity contribution in [2.24, 2.45) is 0 Å². The lowest BCUT2D eigenvalue weighted by Crippen LogP contribution is -2.28. The predicted molar refractivity (Wildman–Crippen MR) is 80.5 cm³/mol. The molecule has 1 saturated heterocycles. The summed E-state index contributed by atoms with van der Waals surface area (Å²) in [6, 6.07) is 5.53. The lowest BCUT2D eigenvalue weighted by molar-refractivity contribution is 0.447. The standard InChI is InChI=1S/C14H16Cl2N4/c15-11-4-9(5-12(16)7-11)6-13-18-14(20-19-13)10-2-1-3-17-8-10/h4-5,7,10,17H,1-3,6,8H2,(H,18,19,20). The molecule has 3 rings (SSSR count). The Labute approximate surface area is 127 Å². The third-order valence-corrected chi connectivity index (χ3v) is 3.94. The highest BCUT2D eigenvalue weighted by Crippen LogP contribution is 2.22. The predicted octanol–water partition coefficient (Wildman–Crippen LogP) is 3.17. The summed E-state index contributed by atoms with van der Waals surface area (Å²) < 4.78 is 0. The van der Waals surface area contributed by atoms with Gasteiger partial charge in [-0.2, -0.15) is 5.10 Å². The van der Waals surface area contributed by atoms with Crippen molar-refractivity contribution in [3.05, 3.63) is 45.5 Å². The molecule has 4 nitrogen and oxygen atoms in total. The Morgan fingerprint density at radius 3 is 2.70 bits per heavy atom. The van der Waals surface area contributed by atoms with E-state index in [1.165, 1.54) is 6.42 Å². The van der Waals surface area contributed by atoms with Crippen molar-refractivity contribution in [1.82, 2.24) is 20.5 Å². The van der Waals surface area contributed by atoms with Crippen LogP contribution in [0.2, 0.25) is 10.0 Å². The van der Waals surface area contributed by atoms with Gasteiger partial charge in [0.25, 0.3) is 0 Å². The molecule has 2 aromatic rings. The molecule has 1 aliphatic rings. The van der Waals surface area contributed by atoms with Crippen LogP contribution < -0.4 is 5.32 Å². The maximum Gasteiger partial charge on any atom is 0.155 e. The first-order chi connectivity index (χ1) is 9.70. The van der Waals surface area contributed by atoms with Gasteiger partial charge in [0.1, 0.15) is 5.82 Å². The van der Waals surface area contributed by atoms with E-state index in [4.69, 9.17) is 23.2 Å². The first kappa shape index (κ1) is 13.9. The minimum absolute atomic E-state index is 0.414. The summed E-state index contributed by atoms with van der Waals surface area (Å²) in [5.41, 5.74) is 1.03. The van der Waals surface area contributed by atoms with Gasteiger partial charge in [0.15, 0.2) is 5.82 Å². The minimum Gasteiger partial charge on any atom is -0.316 e. The van der Waals surface area contributed by atoms with Crippen LogP contribution in [0.25, 0.3) is 0 Å². The van der Waals surface area contributed by atoms with Crippen molar-refractivity contribution in [2.75, 3.05) is 13.1 Å². The number of nitrogens with one attached hydrogen (secondary N) is 2. The highest BCUT2D eigenvalue weighted by atomic mass is 35.5. The van der Waals surface area contributed by atoms with Gasteiger partial charge in [-0.15, -0.1) is 0 Å². The average Bonchev–Trinajstić information content (AvgIpc) is 2.87. The summed E-state index contributed by atoms with van der Waals surface area (Å²) in [4.78, 5) is 4.60. The first-order valence-electron chi connectivity index (χ1n) is 6.77. The van der Waals surface area contributed by atoms with Crippen LogP contribution in [-0.2, 0) is 6.42 Å². The van der Waals surface area contributed by atoms with Gasteiger partial charge in [0.2, 0.25) is 0 Å². The lowest BCUT2D eigenvalue weighted by Gasteiger charge is -2.19. The van der Waals surface area contributed by atoms with E-state index in [-0.39, 0.29) is 0 Å². The molecule has 1 atom stereocenters. The molecule has 1 unspecified atom stereocenters. The van der Waals surface area contributed by atoms with Crippen molar-refractivity contribution in [3.63, 3.8) is 0 Å². The van der Waals surface area contributed by atoms with Crippen molar-refractivity contribution < 1.29 is 0 Å². The second kappa shape index (κ2) is 6.12. The van der Waals surface area contributed by atoms with E-state index >= 15 is 0 Å². The topological polar surface area (TPSA) is 53.6 Å². The second-order valence-corrected chi connectivity index (χ2v) is 6.01. The number of H-pyrrole nitrogens is 1. The Hall–Kier alpha value is -1.10. The Morgan fingerprint density at radius 1 is 1.20 bits per heavy atom. The van der Waals surface area contributed by atoms with Gasteiger partial charge in [0.05, 0.1) is 0 Å². The third-order valence-electron chi connectivity index (χ3n) is 3.50. The Kier molecular flexibility index (Phi) is 4.24. The van der Waals surface area contributed by atoms with E-state index in [1.54, 1.807) is 6.07 Å². The summed E-state index contributed by atoms with van der Waals surface area (Å²) in [5, 5.41) is 12.0. The Bertz CT molecular complexity index is 570. The van der Waals surface area contributed by atoms with Gasteiger partial charge >= 0.3 is 0 Å². The van der Waals surface area contributed by atoms with Crippen LogP contribution in [0.1, 0.15) is 36.0 Å². The van der Waals surface area contributed by atoms with Crippen LogP contribution in [0.5, 0.6) is 0 Å². The van der Waals surface area contributed by atoms with Crippen LogP contribution >= 0.6 is 23.2 Å². The van der Waals surface area contributed by atoms with Gasteiger partial charge in [0, 0.05) is 28.9 Å². The molecular formula is C14H16Cl2N4. The van der Waals surface area contributed by atoms with Crippen LogP contribution in [0, 0.1) is 0 Å². The van der Waals surface area contributed by atoms with E-state index in [9.17, 15) is 0 Å². The SMILES string of the molecule is Clc1cc(Cl)cc(Cc2nc(C3CCCNC3)n[nH]2)c1. The van der Waals surface area contributed by atoms with Gasteiger partial charge < -0.3 is 5.32 Å². The monoisotopic (exact) mass is 310 g/mol. The zero-order chi connectivity index (χ0) is 13.9. The van der Waals surface area contributed by atoms with E-state index < -0.39 is 0 Å². The van der Waals surface area contributed by atoms with Crippen LogP contribution in [0.3, 0.4) is 0 Å². The zero-order valence-electron chi connectivity index (χ0n) is 11.0. The van der Waals surface area contributed by atoms with Gasteiger partial charge in [-0.1, -0.05) is 23.2 Å². The summed E-state index contributed by atoms with van der Waals surface area (Å²) in [7, 11) is 0. The fourth-order valence-corrected chi connectivity index (χ4v) is 3.12. The molecule has 0 amide bonds. The van der Waals surface area contributed by atoms with Gasteiger partial charge in [-0.3, -0.25) is 5.10 Å².